The summed E-state index contributed by atoms with van der Waals surface area (Å²) in [6.45, 7) is 0. The van der Waals surface area contributed by atoms with Gasteiger partial charge in [0.05, 0.1) is 5.69 Å². The fourth-order valence-electron chi connectivity index (χ4n) is 2.93. The van der Waals surface area contributed by atoms with Crippen LogP contribution in [0.1, 0.15) is 22.3 Å². The molecule has 20 heavy (non-hydrogen) atoms. The lowest BCUT2D eigenvalue weighted by atomic mass is 9.86. The van der Waals surface area contributed by atoms with Crippen molar-refractivity contribution < 1.29 is 0 Å². The summed E-state index contributed by atoms with van der Waals surface area (Å²) in [5, 5.41) is 0. The predicted molar refractivity (Wildman–Crippen MR) is 81.7 cm³/mol. The van der Waals surface area contributed by atoms with Crippen LogP contribution in [0.2, 0.25) is 0 Å². The smallest absolute Gasteiger partial charge is 0.0705 e. The highest BCUT2D eigenvalue weighted by Gasteiger charge is 2.15. The Balaban J connectivity index is 1.77. The molecule has 0 aliphatic heterocycles. The minimum Gasteiger partial charge on any atom is -0.256 e. The molecule has 2 aromatic carbocycles. The van der Waals surface area contributed by atoms with Gasteiger partial charge in [0.2, 0.25) is 0 Å². The van der Waals surface area contributed by atoms with Gasteiger partial charge in [-0.2, -0.15) is 0 Å². The van der Waals surface area contributed by atoms with E-state index in [1.54, 1.807) is 0 Å². The maximum absolute atomic E-state index is 4.64. The minimum atomic E-state index is 1.01. The second kappa shape index (κ2) is 4.61. The van der Waals surface area contributed by atoms with Crippen LogP contribution in [0, 0.1) is 0 Å². The first-order chi connectivity index (χ1) is 9.90. The van der Waals surface area contributed by atoms with Gasteiger partial charge in [0, 0.05) is 11.8 Å². The third kappa shape index (κ3) is 1.92. The van der Waals surface area contributed by atoms with Crippen LogP contribution in [0.25, 0.3) is 11.3 Å². The molecule has 0 bridgehead atoms. The Hall–Kier alpha value is -2.41. The van der Waals surface area contributed by atoms with Crippen LogP contribution in [0.15, 0.2) is 66.9 Å². The first-order valence-corrected chi connectivity index (χ1v) is 7.00. The number of rotatable bonds is 1. The van der Waals surface area contributed by atoms with E-state index in [-0.39, 0.29) is 0 Å². The lowest BCUT2D eigenvalue weighted by Gasteiger charge is -2.19. The zero-order chi connectivity index (χ0) is 13.4. The summed E-state index contributed by atoms with van der Waals surface area (Å²) in [7, 11) is 0. The fraction of sp³-hybridized carbons (Fsp3) is 0.105. The molecule has 96 valence electrons. The van der Waals surface area contributed by atoms with E-state index in [0.29, 0.717) is 0 Å². The van der Waals surface area contributed by atoms with E-state index in [1.165, 1.54) is 27.8 Å². The zero-order valence-corrected chi connectivity index (χ0v) is 11.2. The monoisotopic (exact) mass is 257 g/mol. The Kier molecular flexibility index (Phi) is 2.63. The van der Waals surface area contributed by atoms with E-state index in [2.05, 4.69) is 59.6 Å². The first-order valence-electron chi connectivity index (χ1n) is 7.00. The maximum Gasteiger partial charge on any atom is 0.0705 e. The van der Waals surface area contributed by atoms with Crippen molar-refractivity contribution in [2.75, 3.05) is 0 Å². The summed E-state index contributed by atoms with van der Waals surface area (Å²) < 4.78 is 0. The topological polar surface area (TPSA) is 12.9 Å². The van der Waals surface area contributed by atoms with Crippen LogP contribution in [-0.4, -0.2) is 4.98 Å². The average molecular weight is 257 g/mol. The molecule has 1 nitrogen and oxygen atoms in total. The van der Waals surface area contributed by atoms with Crippen molar-refractivity contribution in [3.8, 4) is 11.3 Å². The number of fused-ring (bicyclic) bond motifs is 2. The van der Waals surface area contributed by atoms with E-state index in [0.717, 1.165) is 18.5 Å². The largest absolute Gasteiger partial charge is 0.256 e. The second-order valence-corrected chi connectivity index (χ2v) is 5.33. The highest BCUT2D eigenvalue weighted by molar-refractivity contribution is 5.61. The van der Waals surface area contributed by atoms with E-state index < -0.39 is 0 Å². The number of benzene rings is 2. The van der Waals surface area contributed by atoms with Crippen LogP contribution in [-0.2, 0) is 12.8 Å². The van der Waals surface area contributed by atoms with Gasteiger partial charge in [0.15, 0.2) is 0 Å². The Bertz CT molecular complexity index is 760. The quantitative estimate of drug-likeness (QED) is 0.497. The number of aromatic nitrogens is 1. The molecular formula is C19H15N. The summed E-state index contributed by atoms with van der Waals surface area (Å²) >= 11 is 0. The van der Waals surface area contributed by atoms with Crippen LogP contribution >= 0.6 is 0 Å². The van der Waals surface area contributed by atoms with Gasteiger partial charge >= 0.3 is 0 Å². The van der Waals surface area contributed by atoms with Crippen LogP contribution < -0.4 is 0 Å². The van der Waals surface area contributed by atoms with E-state index in [4.69, 9.17) is 0 Å². The SMILES string of the molecule is c1ccc(-c2cc3c(cn2)Cc2ccccc2C3)cc1. The highest BCUT2D eigenvalue weighted by Crippen LogP contribution is 2.29. The molecule has 0 spiro atoms. The minimum absolute atomic E-state index is 1.01. The van der Waals surface area contributed by atoms with Gasteiger partial charge < -0.3 is 0 Å². The summed E-state index contributed by atoms with van der Waals surface area (Å²) in [5.74, 6) is 0. The molecular weight excluding hydrogens is 242 g/mol. The van der Waals surface area contributed by atoms with Crippen molar-refractivity contribution in [3.05, 3.63) is 89.1 Å². The van der Waals surface area contributed by atoms with Gasteiger partial charge in [0.25, 0.3) is 0 Å². The summed E-state index contributed by atoms with van der Waals surface area (Å²) in [5.41, 5.74) is 7.93. The molecule has 1 aliphatic carbocycles. The maximum atomic E-state index is 4.64. The molecule has 1 heterocycles. The first kappa shape index (κ1) is 11.4. The third-order valence-electron chi connectivity index (χ3n) is 4.03. The number of nitrogens with zero attached hydrogens (tertiary/aromatic N) is 1. The average Bonchev–Trinajstić information content (AvgIpc) is 2.53. The molecule has 0 N–H and O–H groups in total. The van der Waals surface area contributed by atoms with Gasteiger partial charge in [0.1, 0.15) is 0 Å². The van der Waals surface area contributed by atoms with Crippen molar-refractivity contribution >= 4 is 0 Å². The van der Waals surface area contributed by atoms with Crippen molar-refractivity contribution in [2.24, 2.45) is 0 Å². The van der Waals surface area contributed by atoms with Gasteiger partial charge in [-0.05, 0) is 41.2 Å². The van der Waals surface area contributed by atoms with E-state index in [9.17, 15) is 0 Å². The molecule has 0 amide bonds. The number of hydrogen-bond donors (Lipinski definition) is 0. The van der Waals surface area contributed by atoms with Crippen molar-refractivity contribution in [1.82, 2.24) is 4.98 Å². The van der Waals surface area contributed by atoms with Gasteiger partial charge in [-0.3, -0.25) is 4.98 Å². The molecule has 0 saturated carbocycles. The molecule has 1 heteroatoms. The molecule has 0 fully saturated rings. The Labute approximate surface area is 118 Å². The number of hydrogen-bond acceptors (Lipinski definition) is 1. The zero-order valence-electron chi connectivity index (χ0n) is 11.2. The summed E-state index contributed by atoms with van der Waals surface area (Å²) in [4.78, 5) is 4.64. The number of pyridine rings is 1. The molecule has 1 aromatic heterocycles. The fourth-order valence-corrected chi connectivity index (χ4v) is 2.93. The van der Waals surface area contributed by atoms with Crippen LogP contribution in [0.5, 0.6) is 0 Å². The normalized spacial score (nSPS) is 12.6. The molecule has 3 aromatic rings. The second-order valence-electron chi connectivity index (χ2n) is 5.33. The van der Waals surface area contributed by atoms with Crippen molar-refractivity contribution in [1.29, 1.82) is 0 Å². The van der Waals surface area contributed by atoms with Gasteiger partial charge in [-0.25, -0.2) is 0 Å². The predicted octanol–water partition coefficient (Wildman–Crippen LogP) is 4.24. The molecule has 1 aliphatic rings. The lowest BCUT2D eigenvalue weighted by molar-refractivity contribution is 0.984. The summed E-state index contributed by atoms with van der Waals surface area (Å²) in [6, 6.07) is 21.4. The van der Waals surface area contributed by atoms with Crippen molar-refractivity contribution in [3.63, 3.8) is 0 Å². The van der Waals surface area contributed by atoms with Gasteiger partial charge in [-0.15, -0.1) is 0 Å². The molecule has 0 atom stereocenters. The Morgan fingerprint density at radius 2 is 1.30 bits per heavy atom. The van der Waals surface area contributed by atoms with E-state index in [1.807, 2.05) is 12.3 Å². The summed E-state index contributed by atoms with van der Waals surface area (Å²) in [6.07, 6.45) is 4.08. The molecule has 0 saturated heterocycles. The molecule has 0 radical (unpaired) electrons. The van der Waals surface area contributed by atoms with E-state index >= 15 is 0 Å². The highest BCUT2D eigenvalue weighted by atomic mass is 14.7. The molecule has 0 unspecified atom stereocenters. The Morgan fingerprint density at radius 1 is 0.650 bits per heavy atom. The van der Waals surface area contributed by atoms with Crippen LogP contribution in [0.4, 0.5) is 0 Å². The van der Waals surface area contributed by atoms with Crippen LogP contribution in [0.3, 0.4) is 0 Å². The Morgan fingerprint density at radius 3 is 2.05 bits per heavy atom. The third-order valence-corrected chi connectivity index (χ3v) is 4.03. The standard InChI is InChI=1S/C19H15N/c1-2-6-14(7-3-1)19-12-17-10-15-8-4-5-9-16(15)11-18(17)13-20-19/h1-9,12-13H,10-11H2. The van der Waals surface area contributed by atoms with Gasteiger partial charge in [-0.1, -0.05) is 54.6 Å². The lowest BCUT2D eigenvalue weighted by Crippen LogP contribution is -2.08. The molecule has 4 rings (SSSR count). The van der Waals surface area contributed by atoms with Crippen molar-refractivity contribution in [2.45, 2.75) is 12.8 Å².